The Balaban J connectivity index is 2.10. The van der Waals surface area contributed by atoms with Crippen LogP contribution in [0.4, 0.5) is 0 Å². The van der Waals surface area contributed by atoms with E-state index in [-0.39, 0.29) is 0 Å². The minimum Gasteiger partial charge on any atom is -0.369 e. The highest BCUT2D eigenvalue weighted by Crippen LogP contribution is 2.32. The van der Waals surface area contributed by atoms with Crippen LogP contribution >= 0.6 is 0 Å². The molecule has 0 N–H and O–H groups in total. The van der Waals surface area contributed by atoms with Crippen LogP contribution in [-0.4, -0.2) is 17.0 Å². The molecule has 0 unspecified atom stereocenters. The molecule has 0 aliphatic heterocycles. The molecule has 100 valence electrons. The highest BCUT2D eigenvalue weighted by Gasteiger charge is 2.28. The predicted molar refractivity (Wildman–Crippen MR) is 75.0 cm³/mol. The summed E-state index contributed by atoms with van der Waals surface area (Å²) >= 11 is 0. The molecule has 0 heterocycles. The van der Waals surface area contributed by atoms with Gasteiger partial charge >= 0.3 is 0 Å². The molecule has 2 rings (SSSR count). The van der Waals surface area contributed by atoms with Crippen LogP contribution in [0.15, 0.2) is 11.8 Å². The van der Waals surface area contributed by atoms with Crippen molar-refractivity contribution in [3.8, 4) is 6.07 Å². The summed E-state index contributed by atoms with van der Waals surface area (Å²) in [6, 6.07) is 3.62. The van der Waals surface area contributed by atoms with Crippen molar-refractivity contribution in [3.63, 3.8) is 0 Å². The Hall–Kier alpha value is -0.970. The third kappa shape index (κ3) is 3.28. The number of hydrogen-bond acceptors (Lipinski definition) is 2. The number of nitrogens with zero attached hydrogens (tertiary/aromatic N) is 2. The van der Waals surface area contributed by atoms with Gasteiger partial charge in [-0.2, -0.15) is 5.26 Å². The predicted octanol–water partition coefficient (Wildman–Crippen LogP) is 4.38. The molecular weight excluding hydrogens is 220 g/mol. The third-order valence-electron chi connectivity index (χ3n) is 4.62. The minimum absolute atomic E-state index is 0.700. The first-order chi connectivity index (χ1) is 8.83. The van der Waals surface area contributed by atoms with E-state index in [4.69, 9.17) is 5.26 Å². The van der Waals surface area contributed by atoms with E-state index in [1.807, 2.05) is 0 Å². The van der Waals surface area contributed by atoms with Gasteiger partial charge in [-0.15, -0.1) is 0 Å². The standard InChI is InChI=1S/C16H26N2/c1-14(12-13-17)18(15-8-4-2-5-9-15)16-10-6-3-7-11-16/h12,15-16H,2-11H2,1H3/b14-12-. The quantitative estimate of drug-likeness (QED) is 0.691. The highest BCUT2D eigenvalue weighted by molar-refractivity contribution is 5.13. The Bertz CT molecular complexity index is 296. The highest BCUT2D eigenvalue weighted by atomic mass is 15.2. The van der Waals surface area contributed by atoms with Gasteiger partial charge in [0.2, 0.25) is 0 Å². The topological polar surface area (TPSA) is 27.0 Å². The van der Waals surface area contributed by atoms with Crippen LogP contribution in [0.25, 0.3) is 0 Å². The van der Waals surface area contributed by atoms with Gasteiger partial charge in [-0.05, 0) is 32.6 Å². The van der Waals surface area contributed by atoms with Gasteiger partial charge in [-0.25, -0.2) is 0 Å². The molecule has 0 saturated heterocycles. The molecular formula is C16H26N2. The number of nitriles is 1. The molecule has 0 atom stereocenters. The molecule has 2 fully saturated rings. The van der Waals surface area contributed by atoms with E-state index >= 15 is 0 Å². The molecule has 0 spiro atoms. The molecule has 2 nitrogen and oxygen atoms in total. The summed E-state index contributed by atoms with van der Waals surface area (Å²) in [6.07, 6.45) is 15.3. The van der Waals surface area contributed by atoms with Gasteiger partial charge in [-0.1, -0.05) is 38.5 Å². The van der Waals surface area contributed by atoms with E-state index in [0.717, 1.165) is 0 Å². The second-order valence-electron chi connectivity index (χ2n) is 5.91. The fourth-order valence-electron chi connectivity index (χ4n) is 3.76. The van der Waals surface area contributed by atoms with Gasteiger partial charge in [0.05, 0.1) is 6.07 Å². The fourth-order valence-corrected chi connectivity index (χ4v) is 3.76. The summed E-state index contributed by atoms with van der Waals surface area (Å²) in [5.74, 6) is 0. The average molecular weight is 246 g/mol. The van der Waals surface area contributed by atoms with Crippen molar-refractivity contribution < 1.29 is 0 Å². The van der Waals surface area contributed by atoms with E-state index in [1.54, 1.807) is 6.08 Å². The van der Waals surface area contributed by atoms with Gasteiger partial charge in [0.1, 0.15) is 0 Å². The first-order valence-corrected chi connectivity index (χ1v) is 7.67. The van der Waals surface area contributed by atoms with Crippen LogP contribution in [0, 0.1) is 11.3 Å². The summed E-state index contributed by atoms with van der Waals surface area (Å²) < 4.78 is 0. The maximum absolute atomic E-state index is 8.93. The van der Waals surface area contributed by atoms with Crippen molar-refractivity contribution in [1.29, 1.82) is 5.26 Å². The van der Waals surface area contributed by atoms with Crippen molar-refractivity contribution in [1.82, 2.24) is 4.90 Å². The van der Waals surface area contributed by atoms with Crippen LogP contribution in [0.2, 0.25) is 0 Å². The van der Waals surface area contributed by atoms with E-state index in [9.17, 15) is 0 Å². The maximum atomic E-state index is 8.93. The summed E-state index contributed by atoms with van der Waals surface area (Å²) in [7, 11) is 0. The molecule has 0 aromatic heterocycles. The zero-order valence-electron chi connectivity index (χ0n) is 11.7. The Labute approximate surface area is 112 Å². The van der Waals surface area contributed by atoms with Gasteiger partial charge in [0.25, 0.3) is 0 Å². The summed E-state index contributed by atoms with van der Waals surface area (Å²) in [6.45, 7) is 2.13. The van der Waals surface area contributed by atoms with E-state index < -0.39 is 0 Å². The average Bonchev–Trinajstić information content (AvgIpc) is 2.42. The third-order valence-corrected chi connectivity index (χ3v) is 4.62. The lowest BCUT2D eigenvalue weighted by molar-refractivity contribution is 0.119. The minimum atomic E-state index is 0.700. The molecule has 0 aromatic carbocycles. The number of hydrogen-bond donors (Lipinski definition) is 0. The normalized spacial score (nSPS) is 23.7. The first-order valence-electron chi connectivity index (χ1n) is 7.67. The van der Waals surface area contributed by atoms with Gasteiger partial charge < -0.3 is 4.90 Å². The lowest BCUT2D eigenvalue weighted by atomic mass is 9.88. The van der Waals surface area contributed by atoms with Crippen LogP contribution in [0.3, 0.4) is 0 Å². The molecule has 18 heavy (non-hydrogen) atoms. The second-order valence-corrected chi connectivity index (χ2v) is 5.91. The van der Waals surface area contributed by atoms with Crippen LogP contribution in [0.5, 0.6) is 0 Å². The molecule has 2 aliphatic carbocycles. The Morgan fingerprint density at radius 3 is 1.78 bits per heavy atom. The van der Waals surface area contributed by atoms with Crippen LogP contribution in [-0.2, 0) is 0 Å². The zero-order chi connectivity index (χ0) is 12.8. The number of rotatable bonds is 3. The van der Waals surface area contributed by atoms with Gasteiger partial charge in [-0.3, -0.25) is 0 Å². The Morgan fingerprint density at radius 2 is 1.39 bits per heavy atom. The summed E-state index contributed by atoms with van der Waals surface area (Å²) in [5, 5.41) is 8.93. The zero-order valence-corrected chi connectivity index (χ0v) is 11.7. The van der Waals surface area contributed by atoms with Crippen molar-refractivity contribution in [3.05, 3.63) is 11.8 Å². The molecule has 0 aromatic rings. The SMILES string of the molecule is C/C(=C/C#N)N(C1CCCCC1)C1CCCCC1. The molecule has 2 saturated carbocycles. The first kappa shape index (κ1) is 13.5. The van der Waals surface area contributed by atoms with Crippen LogP contribution in [0.1, 0.15) is 71.1 Å². The Morgan fingerprint density at radius 1 is 0.944 bits per heavy atom. The van der Waals surface area contributed by atoms with Crippen molar-refractivity contribution >= 4 is 0 Å². The maximum Gasteiger partial charge on any atom is 0.0930 e. The monoisotopic (exact) mass is 246 g/mol. The smallest absolute Gasteiger partial charge is 0.0930 e. The largest absolute Gasteiger partial charge is 0.369 e. The van der Waals surface area contributed by atoms with Crippen molar-refractivity contribution in [2.75, 3.05) is 0 Å². The van der Waals surface area contributed by atoms with E-state index in [0.29, 0.717) is 12.1 Å². The fraction of sp³-hybridized carbons (Fsp3) is 0.812. The van der Waals surface area contributed by atoms with Crippen LogP contribution < -0.4 is 0 Å². The lowest BCUT2D eigenvalue weighted by Gasteiger charge is -2.43. The van der Waals surface area contributed by atoms with E-state index in [1.165, 1.54) is 69.9 Å². The lowest BCUT2D eigenvalue weighted by Crippen LogP contribution is -2.43. The van der Waals surface area contributed by atoms with Crippen molar-refractivity contribution in [2.24, 2.45) is 0 Å². The van der Waals surface area contributed by atoms with Crippen molar-refractivity contribution in [2.45, 2.75) is 83.2 Å². The van der Waals surface area contributed by atoms with Gasteiger partial charge in [0.15, 0.2) is 0 Å². The molecule has 0 amide bonds. The molecule has 2 heteroatoms. The van der Waals surface area contributed by atoms with E-state index in [2.05, 4.69) is 17.9 Å². The summed E-state index contributed by atoms with van der Waals surface area (Å²) in [5.41, 5.74) is 1.20. The second kappa shape index (κ2) is 6.83. The molecule has 0 bridgehead atoms. The molecule has 2 aliphatic rings. The Kier molecular flexibility index (Phi) is 5.11. The van der Waals surface area contributed by atoms with Gasteiger partial charge in [0, 0.05) is 23.9 Å². The molecule has 0 radical (unpaired) electrons. The summed E-state index contributed by atoms with van der Waals surface area (Å²) in [4.78, 5) is 2.61. The number of allylic oxidation sites excluding steroid dienone is 2.